The van der Waals surface area contributed by atoms with E-state index in [0.717, 1.165) is 33.6 Å². The Balaban J connectivity index is 1.50. The summed E-state index contributed by atoms with van der Waals surface area (Å²) in [5.74, 6) is 1.45. The molecule has 1 aliphatic heterocycles. The fourth-order valence-corrected chi connectivity index (χ4v) is 4.62. The molecule has 0 saturated carbocycles. The number of fused-ring (bicyclic) bond motifs is 4. The van der Waals surface area contributed by atoms with Crippen LogP contribution in [0, 0.1) is 6.92 Å². The van der Waals surface area contributed by atoms with Crippen LogP contribution in [0.3, 0.4) is 0 Å². The first-order chi connectivity index (χ1) is 17.3. The molecule has 5 aromatic heterocycles. The number of benzene rings is 1. The summed E-state index contributed by atoms with van der Waals surface area (Å²) in [4.78, 5) is 18.1. The van der Waals surface area contributed by atoms with Gasteiger partial charge in [-0.2, -0.15) is 5.10 Å². The molecule has 0 radical (unpaired) electrons. The number of pyridine rings is 2. The molecule has 1 atom stereocenters. The second-order valence-corrected chi connectivity index (χ2v) is 8.28. The maximum absolute atomic E-state index is 6.43. The third-order valence-electron chi connectivity index (χ3n) is 6.16. The lowest BCUT2D eigenvalue weighted by Crippen LogP contribution is -2.16. The van der Waals surface area contributed by atoms with Crippen LogP contribution >= 0.6 is 0 Å². The second-order valence-electron chi connectivity index (χ2n) is 8.28. The number of nitrogens with zero attached hydrogens (tertiary/aromatic N) is 8. The molecule has 168 valence electrons. The average molecular weight is 458 g/mol. The minimum absolute atomic E-state index is 0.234. The van der Waals surface area contributed by atoms with Crippen molar-refractivity contribution in [1.82, 2.24) is 39.3 Å². The summed E-state index contributed by atoms with van der Waals surface area (Å²) < 4.78 is 9.95. The molecule has 9 nitrogen and oxygen atoms in total. The van der Waals surface area contributed by atoms with Gasteiger partial charge in [0.1, 0.15) is 6.33 Å². The molecule has 1 unspecified atom stereocenters. The van der Waals surface area contributed by atoms with Crippen LogP contribution in [0.4, 0.5) is 0 Å². The van der Waals surface area contributed by atoms with Crippen LogP contribution in [-0.2, 0) is 0 Å². The van der Waals surface area contributed by atoms with E-state index in [1.807, 2.05) is 66.3 Å². The summed E-state index contributed by atoms with van der Waals surface area (Å²) in [7, 11) is 0. The smallest absolute Gasteiger partial charge is 0.230 e. The van der Waals surface area contributed by atoms with Crippen molar-refractivity contribution in [3.05, 3.63) is 108 Å². The number of para-hydroxylation sites is 1. The van der Waals surface area contributed by atoms with Crippen molar-refractivity contribution < 1.29 is 4.74 Å². The van der Waals surface area contributed by atoms with Crippen LogP contribution in [0.5, 0.6) is 11.8 Å². The Morgan fingerprint density at radius 2 is 1.69 bits per heavy atom. The first-order valence-electron chi connectivity index (χ1n) is 11.2. The number of aryl methyl sites for hydroxylation is 1. The Morgan fingerprint density at radius 3 is 2.46 bits per heavy atom. The fourth-order valence-electron chi connectivity index (χ4n) is 4.62. The zero-order valence-electron chi connectivity index (χ0n) is 18.6. The van der Waals surface area contributed by atoms with E-state index in [4.69, 9.17) is 14.8 Å². The zero-order chi connectivity index (χ0) is 23.4. The largest absolute Gasteiger partial charge is 0.420 e. The van der Waals surface area contributed by atoms with Crippen molar-refractivity contribution in [2.45, 2.75) is 12.8 Å². The number of rotatable bonds is 3. The van der Waals surface area contributed by atoms with Gasteiger partial charge in [0.2, 0.25) is 11.8 Å². The van der Waals surface area contributed by atoms with Gasteiger partial charge in [-0.05, 0) is 42.8 Å². The van der Waals surface area contributed by atoms with Gasteiger partial charge in [0.25, 0.3) is 0 Å². The van der Waals surface area contributed by atoms with Crippen LogP contribution < -0.4 is 4.74 Å². The van der Waals surface area contributed by atoms with E-state index < -0.39 is 0 Å². The highest BCUT2D eigenvalue weighted by molar-refractivity contribution is 5.68. The highest BCUT2D eigenvalue weighted by atomic mass is 16.5. The lowest BCUT2D eigenvalue weighted by molar-refractivity contribution is 0.402. The van der Waals surface area contributed by atoms with Crippen molar-refractivity contribution in [2.75, 3.05) is 0 Å². The van der Waals surface area contributed by atoms with E-state index in [1.165, 1.54) is 0 Å². The van der Waals surface area contributed by atoms with Crippen molar-refractivity contribution in [3.8, 4) is 28.8 Å². The molecular formula is C26H18N8O. The molecule has 0 amide bonds. The Morgan fingerprint density at radius 1 is 0.857 bits per heavy atom. The van der Waals surface area contributed by atoms with Gasteiger partial charge in [-0.3, -0.25) is 9.97 Å². The Bertz CT molecular complexity index is 1680. The predicted molar refractivity (Wildman–Crippen MR) is 128 cm³/mol. The summed E-state index contributed by atoms with van der Waals surface area (Å²) >= 11 is 0. The van der Waals surface area contributed by atoms with Gasteiger partial charge in [-0.1, -0.05) is 24.3 Å². The quantitative estimate of drug-likeness (QED) is 0.388. The molecule has 0 bridgehead atoms. The van der Waals surface area contributed by atoms with Gasteiger partial charge in [0.05, 0.1) is 28.4 Å². The van der Waals surface area contributed by atoms with Crippen molar-refractivity contribution >= 4 is 5.65 Å². The van der Waals surface area contributed by atoms with Gasteiger partial charge in [0.15, 0.2) is 11.5 Å². The van der Waals surface area contributed by atoms with Gasteiger partial charge in [-0.25, -0.2) is 19.2 Å². The number of ether oxygens (including phenoxy) is 1. The topological polar surface area (TPSA) is 95.9 Å². The summed E-state index contributed by atoms with van der Waals surface area (Å²) in [6.07, 6.45) is 8.73. The number of aromatic nitrogens is 8. The zero-order valence-corrected chi connectivity index (χ0v) is 18.6. The maximum atomic E-state index is 6.43. The first kappa shape index (κ1) is 19.5. The molecule has 1 aromatic carbocycles. The van der Waals surface area contributed by atoms with Crippen molar-refractivity contribution in [2.24, 2.45) is 0 Å². The van der Waals surface area contributed by atoms with Crippen LogP contribution in [0.25, 0.3) is 22.7 Å². The molecule has 1 aliphatic rings. The van der Waals surface area contributed by atoms with E-state index in [0.29, 0.717) is 23.2 Å². The van der Waals surface area contributed by atoms with Crippen molar-refractivity contribution in [1.29, 1.82) is 0 Å². The SMILES string of the molecule is Cc1nn(-c2ccccc2)c2c1C(c1cccnc1)c1c(ncn3nc(-c4cccnc4)nc13)O2. The third-order valence-corrected chi connectivity index (χ3v) is 6.16. The number of hydrogen-bond acceptors (Lipinski definition) is 7. The van der Waals surface area contributed by atoms with Gasteiger partial charge in [0, 0.05) is 30.4 Å². The second kappa shape index (κ2) is 7.56. The van der Waals surface area contributed by atoms with E-state index in [-0.39, 0.29) is 5.92 Å². The minimum Gasteiger partial charge on any atom is -0.420 e. The molecule has 0 fully saturated rings. The third kappa shape index (κ3) is 3.02. The molecule has 6 aromatic rings. The average Bonchev–Trinajstić information content (AvgIpc) is 3.50. The molecular weight excluding hydrogens is 440 g/mol. The van der Waals surface area contributed by atoms with Crippen LogP contribution in [0.1, 0.15) is 28.3 Å². The Labute approximate surface area is 199 Å². The van der Waals surface area contributed by atoms with Gasteiger partial charge in [-0.15, -0.1) is 5.10 Å². The molecule has 0 saturated heterocycles. The minimum atomic E-state index is -0.234. The molecule has 6 heterocycles. The predicted octanol–water partition coefficient (Wildman–Crippen LogP) is 4.36. The number of hydrogen-bond donors (Lipinski definition) is 0. The molecule has 9 heteroatoms. The Hall–Kier alpha value is -4.92. The molecule has 0 aliphatic carbocycles. The van der Waals surface area contributed by atoms with E-state index >= 15 is 0 Å². The van der Waals surface area contributed by atoms with Gasteiger partial charge < -0.3 is 4.74 Å². The lowest BCUT2D eigenvalue weighted by Gasteiger charge is -2.26. The highest BCUT2D eigenvalue weighted by Gasteiger charge is 2.38. The summed E-state index contributed by atoms with van der Waals surface area (Å²) in [6, 6.07) is 17.7. The van der Waals surface area contributed by atoms with E-state index in [1.54, 1.807) is 29.4 Å². The molecule has 7 rings (SSSR count). The standard InChI is InChI=1S/C26H18N8O/c1-16-20-21(17-7-5-11-27-13-17)22-24-30-23(18-8-6-12-28-14-18)32-33(24)15-29-25(22)35-26(20)34(31-16)19-9-3-2-4-10-19/h2-15,21H,1H3. The van der Waals surface area contributed by atoms with E-state index in [9.17, 15) is 0 Å². The molecule has 0 spiro atoms. The van der Waals surface area contributed by atoms with Gasteiger partial charge >= 0.3 is 0 Å². The van der Waals surface area contributed by atoms with Crippen LogP contribution in [0.2, 0.25) is 0 Å². The van der Waals surface area contributed by atoms with Crippen LogP contribution in [0.15, 0.2) is 85.7 Å². The highest BCUT2D eigenvalue weighted by Crippen LogP contribution is 2.49. The Kier molecular flexibility index (Phi) is 4.22. The van der Waals surface area contributed by atoms with E-state index in [2.05, 4.69) is 26.1 Å². The summed E-state index contributed by atoms with van der Waals surface area (Å²) in [5, 5.41) is 9.51. The summed E-state index contributed by atoms with van der Waals surface area (Å²) in [5.41, 5.74) is 6.04. The lowest BCUT2D eigenvalue weighted by atomic mass is 9.85. The summed E-state index contributed by atoms with van der Waals surface area (Å²) in [6.45, 7) is 1.99. The van der Waals surface area contributed by atoms with Crippen molar-refractivity contribution in [3.63, 3.8) is 0 Å². The van der Waals surface area contributed by atoms with Crippen LogP contribution in [-0.4, -0.2) is 39.3 Å². The first-order valence-corrected chi connectivity index (χ1v) is 11.2. The fraction of sp³-hybridized carbons (Fsp3) is 0.0769. The monoisotopic (exact) mass is 458 g/mol. The molecule has 0 N–H and O–H groups in total. The maximum Gasteiger partial charge on any atom is 0.230 e. The molecule has 35 heavy (non-hydrogen) atoms. The normalized spacial score (nSPS) is 14.4.